The van der Waals surface area contributed by atoms with E-state index in [1.54, 1.807) is 24.3 Å². The van der Waals surface area contributed by atoms with E-state index in [4.69, 9.17) is 16.7 Å². The molecule has 110 valence electrons. The van der Waals surface area contributed by atoms with Crippen molar-refractivity contribution >= 4 is 23.2 Å². The number of rotatable bonds is 5. The fourth-order valence-electron chi connectivity index (χ4n) is 2.25. The summed E-state index contributed by atoms with van der Waals surface area (Å²) in [6, 6.07) is 7.09. The third kappa shape index (κ3) is 4.76. The molecule has 1 amide bonds. The molecule has 1 aromatic rings. The third-order valence-electron chi connectivity index (χ3n) is 3.38. The molecule has 0 aromatic heterocycles. The highest BCUT2D eigenvalue weighted by Crippen LogP contribution is 2.13. The fraction of sp³-hybridized carbons (Fsp3) is 0.500. The number of benzene rings is 1. The van der Waals surface area contributed by atoms with Gasteiger partial charge in [0, 0.05) is 43.4 Å². The van der Waals surface area contributed by atoms with Crippen molar-refractivity contribution in [3.05, 3.63) is 29.3 Å². The second-order valence-electron chi connectivity index (χ2n) is 4.90. The summed E-state index contributed by atoms with van der Waals surface area (Å²) in [5.41, 5.74) is 0.762. The van der Waals surface area contributed by atoms with Crippen molar-refractivity contribution in [1.29, 1.82) is 0 Å². The summed E-state index contributed by atoms with van der Waals surface area (Å²) in [6.07, 6.45) is 0. The summed E-state index contributed by atoms with van der Waals surface area (Å²) < 4.78 is 0. The summed E-state index contributed by atoms with van der Waals surface area (Å²) in [6.45, 7) is 4.81. The molecule has 0 saturated carbocycles. The minimum atomic E-state index is -0.0112. The van der Waals surface area contributed by atoms with Crippen LogP contribution < -0.4 is 5.32 Å². The maximum Gasteiger partial charge on any atom is 0.238 e. The van der Waals surface area contributed by atoms with E-state index in [1.807, 2.05) is 0 Å². The lowest BCUT2D eigenvalue weighted by atomic mass is 10.3. The number of aliphatic hydroxyl groups excluding tert-OH is 1. The fourth-order valence-corrected chi connectivity index (χ4v) is 2.38. The molecule has 0 aliphatic carbocycles. The SMILES string of the molecule is O=C(CN1CCN(CCO)CC1)Nc1ccc(Cl)cc1. The number of carbonyl (C=O) groups is 1. The van der Waals surface area contributed by atoms with Gasteiger partial charge in [0.1, 0.15) is 0 Å². The second-order valence-corrected chi connectivity index (χ2v) is 5.33. The molecule has 2 N–H and O–H groups in total. The van der Waals surface area contributed by atoms with Crippen molar-refractivity contribution in [3.8, 4) is 0 Å². The number of carbonyl (C=O) groups excluding carboxylic acids is 1. The third-order valence-corrected chi connectivity index (χ3v) is 3.63. The lowest BCUT2D eigenvalue weighted by Crippen LogP contribution is -2.49. The highest BCUT2D eigenvalue weighted by atomic mass is 35.5. The van der Waals surface area contributed by atoms with E-state index in [9.17, 15) is 4.79 Å². The van der Waals surface area contributed by atoms with Crippen molar-refractivity contribution in [1.82, 2.24) is 9.80 Å². The number of anilines is 1. The summed E-state index contributed by atoms with van der Waals surface area (Å²) >= 11 is 5.80. The molecule has 20 heavy (non-hydrogen) atoms. The average molecular weight is 298 g/mol. The van der Waals surface area contributed by atoms with Gasteiger partial charge in [-0.1, -0.05) is 11.6 Å². The predicted octanol–water partition coefficient (Wildman–Crippen LogP) is 0.888. The Kier molecular flexibility index (Phi) is 5.79. The van der Waals surface area contributed by atoms with Gasteiger partial charge in [-0.05, 0) is 24.3 Å². The Morgan fingerprint density at radius 1 is 1.15 bits per heavy atom. The van der Waals surface area contributed by atoms with Crippen LogP contribution in [0.5, 0.6) is 0 Å². The highest BCUT2D eigenvalue weighted by Gasteiger charge is 2.18. The van der Waals surface area contributed by atoms with Crippen LogP contribution in [0.15, 0.2) is 24.3 Å². The van der Waals surface area contributed by atoms with Gasteiger partial charge in [-0.2, -0.15) is 0 Å². The molecule has 6 heteroatoms. The first-order valence-electron chi connectivity index (χ1n) is 6.78. The number of piperazine rings is 1. The molecular weight excluding hydrogens is 278 g/mol. The quantitative estimate of drug-likeness (QED) is 0.847. The summed E-state index contributed by atoms with van der Waals surface area (Å²) in [5.74, 6) is -0.0112. The Morgan fingerprint density at radius 2 is 1.75 bits per heavy atom. The van der Waals surface area contributed by atoms with Gasteiger partial charge in [-0.25, -0.2) is 0 Å². The van der Waals surface area contributed by atoms with Crippen LogP contribution in [0.3, 0.4) is 0 Å². The van der Waals surface area contributed by atoms with Crippen LogP contribution in [0.1, 0.15) is 0 Å². The molecule has 1 aliphatic rings. The highest BCUT2D eigenvalue weighted by molar-refractivity contribution is 6.30. The molecule has 0 spiro atoms. The number of β-amino-alcohol motifs (C(OH)–C–C–N with tert-alkyl or cyclic N) is 1. The molecule has 1 heterocycles. The first-order chi connectivity index (χ1) is 9.67. The van der Waals surface area contributed by atoms with Gasteiger partial charge in [0.05, 0.1) is 13.2 Å². The molecule has 0 atom stereocenters. The van der Waals surface area contributed by atoms with Crippen LogP contribution in [0, 0.1) is 0 Å². The minimum Gasteiger partial charge on any atom is -0.395 e. The Morgan fingerprint density at radius 3 is 2.35 bits per heavy atom. The predicted molar refractivity (Wildman–Crippen MR) is 80.0 cm³/mol. The van der Waals surface area contributed by atoms with E-state index in [-0.39, 0.29) is 12.5 Å². The number of hydrogen-bond donors (Lipinski definition) is 2. The van der Waals surface area contributed by atoms with Crippen LogP contribution in [0.4, 0.5) is 5.69 Å². The monoisotopic (exact) mass is 297 g/mol. The van der Waals surface area contributed by atoms with E-state index in [0.717, 1.165) is 31.9 Å². The van der Waals surface area contributed by atoms with Gasteiger partial charge >= 0.3 is 0 Å². The average Bonchev–Trinajstić information content (AvgIpc) is 2.44. The lowest BCUT2D eigenvalue weighted by molar-refractivity contribution is -0.117. The maximum atomic E-state index is 11.9. The standard InChI is InChI=1S/C14H20ClN3O2/c15-12-1-3-13(4-2-12)16-14(20)11-18-7-5-17(6-8-18)9-10-19/h1-4,19H,5-11H2,(H,16,20). The number of hydrogen-bond acceptors (Lipinski definition) is 4. The lowest BCUT2D eigenvalue weighted by Gasteiger charge is -2.33. The second kappa shape index (κ2) is 7.59. The zero-order valence-corrected chi connectivity index (χ0v) is 12.1. The first kappa shape index (κ1) is 15.3. The van der Waals surface area contributed by atoms with Crippen LogP contribution in [-0.4, -0.2) is 66.7 Å². The normalized spacial score (nSPS) is 17.1. The topological polar surface area (TPSA) is 55.8 Å². The summed E-state index contributed by atoms with van der Waals surface area (Å²) in [4.78, 5) is 16.3. The van der Waals surface area contributed by atoms with E-state index in [0.29, 0.717) is 18.1 Å². The molecule has 1 aliphatic heterocycles. The van der Waals surface area contributed by atoms with E-state index >= 15 is 0 Å². The Balaban J connectivity index is 1.74. The van der Waals surface area contributed by atoms with Crippen LogP contribution in [-0.2, 0) is 4.79 Å². The molecule has 1 saturated heterocycles. The smallest absolute Gasteiger partial charge is 0.238 e. The molecule has 1 aromatic carbocycles. The van der Waals surface area contributed by atoms with Crippen LogP contribution in [0.25, 0.3) is 0 Å². The largest absolute Gasteiger partial charge is 0.395 e. The Hall–Kier alpha value is -1.14. The van der Waals surface area contributed by atoms with Crippen LogP contribution in [0.2, 0.25) is 5.02 Å². The number of amides is 1. The van der Waals surface area contributed by atoms with E-state index < -0.39 is 0 Å². The molecule has 0 bridgehead atoms. The number of nitrogens with zero attached hydrogens (tertiary/aromatic N) is 2. The number of nitrogens with one attached hydrogen (secondary N) is 1. The number of aliphatic hydroxyl groups is 1. The molecule has 0 radical (unpaired) electrons. The molecule has 2 rings (SSSR count). The zero-order chi connectivity index (χ0) is 14.4. The van der Waals surface area contributed by atoms with Crippen LogP contribution >= 0.6 is 11.6 Å². The number of halogens is 1. The van der Waals surface area contributed by atoms with Gasteiger partial charge in [-0.3, -0.25) is 14.6 Å². The summed E-state index contributed by atoms with van der Waals surface area (Å²) in [5, 5.41) is 12.4. The zero-order valence-electron chi connectivity index (χ0n) is 11.4. The van der Waals surface area contributed by atoms with Gasteiger partial charge in [-0.15, -0.1) is 0 Å². The summed E-state index contributed by atoms with van der Waals surface area (Å²) in [7, 11) is 0. The van der Waals surface area contributed by atoms with E-state index in [2.05, 4.69) is 15.1 Å². The van der Waals surface area contributed by atoms with Crippen molar-refractivity contribution < 1.29 is 9.90 Å². The molecular formula is C14H20ClN3O2. The molecule has 0 unspecified atom stereocenters. The van der Waals surface area contributed by atoms with Gasteiger partial charge in [0.25, 0.3) is 0 Å². The van der Waals surface area contributed by atoms with Crippen molar-refractivity contribution in [2.45, 2.75) is 0 Å². The minimum absolute atomic E-state index is 0.0112. The van der Waals surface area contributed by atoms with Crippen molar-refractivity contribution in [3.63, 3.8) is 0 Å². The first-order valence-corrected chi connectivity index (χ1v) is 7.16. The Labute approximate surface area is 124 Å². The Bertz CT molecular complexity index is 431. The van der Waals surface area contributed by atoms with E-state index in [1.165, 1.54) is 0 Å². The van der Waals surface area contributed by atoms with Crippen molar-refractivity contribution in [2.24, 2.45) is 0 Å². The van der Waals surface area contributed by atoms with Crippen molar-refractivity contribution in [2.75, 3.05) is 51.2 Å². The van der Waals surface area contributed by atoms with Gasteiger partial charge in [0.2, 0.25) is 5.91 Å². The van der Waals surface area contributed by atoms with Gasteiger partial charge < -0.3 is 10.4 Å². The molecule has 1 fully saturated rings. The molecule has 5 nitrogen and oxygen atoms in total. The maximum absolute atomic E-state index is 11.9. The van der Waals surface area contributed by atoms with Gasteiger partial charge in [0.15, 0.2) is 0 Å².